The number of aliphatic carboxylic acids is 1. The number of benzene rings is 2. The molecular formula is C19H13Cl2NO4. The van der Waals surface area contributed by atoms with E-state index in [0.717, 1.165) is 5.56 Å². The molecule has 2 aromatic carbocycles. The molecule has 132 valence electrons. The quantitative estimate of drug-likeness (QED) is 0.540. The number of halogens is 2. The minimum absolute atomic E-state index is 0.0422. The second-order valence-corrected chi connectivity index (χ2v) is 6.60. The molecule has 0 aliphatic heterocycles. The Hall–Kier alpha value is -2.76. The van der Waals surface area contributed by atoms with E-state index < -0.39 is 11.9 Å². The van der Waals surface area contributed by atoms with Crippen molar-refractivity contribution in [2.24, 2.45) is 0 Å². The fourth-order valence-electron chi connectivity index (χ4n) is 2.73. The van der Waals surface area contributed by atoms with Crippen LogP contribution in [0.5, 0.6) is 0 Å². The van der Waals surface area contributed by atoms with Gasteiger partial charge in [-0.2, -0.15) is 0 Å². The molecule has 3 N–H and O–H groups in total. The number of H-pyrrole nitrogens is 1. The third-order valence-corrected chi connectivity index (χ3v) is 4.47. The summed E-state index contributed by atoms with van der Waals surface area (Å²) in [5.41, 5.74) is 1.84. The van der Waals surface area contributed by atoms with Gasteiger partial charge in [0.15, 0.2) is 0 Å². The third-order valence-electron chi connectivity index (χ3n) is 3.95. The largest absolute Gasteiger partial charge is 0.478 e. The van der Waals surface area contributed by atoms with Crippen molar-refractivity contribution in [2.75, 3.05) is 0 Å². The highest BCUT2D eigenvalue weighted by molar-refractivity contribution is 6.39. The second kappa shape index (κ2) is 6.86. The lowest BCUT2D eigenvalue weighted by molar-refractivity contribution is -0.130. The summed E-state index contributed by atoms with van der Waals surface area (Å²) in [6.45, 7) is 1.89. The van der Waals surface area contributed by atoms with Gasteiger partial charge < -0.3 is 15.2 Å². The lowest BCUT2D eigenvalue weighted by atomic mass is 10.00. The van der Waals surface area contributed by atoms with E-state index in [-0.39, 0.29) is 21.9 Å². The van der Waals surface area contributed by atoms with E-state index in [0.29, 0.717) is 21.5 Å². The Morgan fingerprint density at radius 2 is 1.73 bits per heavy atom. The average molecular weight is 390 g/mol. The van der Waals surface area contributed by atoms with E-state index >= 15 is 0 Å². The Bertz CT molecular complexity index is 1070. The number of fused-ring (bicyclic) bond motifs is 1. The molecule has 0 unspecified atom stereocenters. The molecule has 0 spiro atoms. The highest BCUT2D eigenvalue weighted by Gasteiger charge is 2.21. The molecule has 1 aromatic heterocycles. The van der Waals surface area contributed by atoms with Gasteiger partial charge in [-0.1, -0.05) is 53.0 Å². The lowest BCUT2D eigenvalue weighted by Crippen LogP contribution is -2.02. The average Bonchev–Trinajstić information content (AvgIpc) is 2.92. The Labute approximate surface area is 158 Å². The first kappa shape index (κ1) is 18.0. The molecule has 0 fully saturated rings. The van der Waals surface area contributed by atoms with Crippen LogP contribution >= 0.6 is 23.2 Å². The van der Waals surface area contributed by atoms with Gasteiger partial charge in [-0.15, -0.1) is 0 Å². The summed E-state index contributed by atoms with van der Waals surface area (Å²) >= 11 is 12.2. The zero-order valence-electron chi connectivity index (χ0n) is 13.5. The van der Waals surface area contributed by atoms with Crippen molar-refractivity contribution < 1.29 is 19.8 Å². The maximum absolute atomic E-state index is 11.8. The van der Waals surface area contributed by atoms with E-state index in [1.165, 1.54) is 12.1 Å². The summed E-state index contributed by atoms with van der Waals surface area (Å²) in [5.74, 6) is -2.40. The van der Waals surface area contributed by atoms with Gasteiger partial charge in [0.2, 0.25) is 0 Å². The number of aromatic carboxylic acids is 1. The fraction of sp³-hybridized carbons (Fsp3) is 0.0526. The number of aromatic nitrogens is 1. The van der Waals surface area contributed by atoms with E-state index in [2.05, 4.69) is 4.98 Å². The van der Waals surface area contributed by atoms with Crippen LogP contribution in [0.2, 0.25) is 10.0 Å². The van der Waals surface area contributed by atoms with Crippen molar-refractivity contribution in [3.8, 4) is 0 Å². The molecule has 0 radical (unpaired) electrons. The predicted molar refractivity (Wildman–Crippen MR) is 102 cm³/mol. The van der Waals surface area contributed by atoms with E-state index in [9.17, 15) is 19.8 Å². The van der Waals surface area contributed by atoms with Crippen LogP contribution in [0.1, 0.15) is 27.2 Å². The summed E-state index contributed by atoms with van der Waals surface area (Å²) in [7, 11) is 0. The van der Waals surface area contributed by atoms with Gasteiger partial charge in [-0.05, 0) is 30.7 Å². The van der Waals surface area contributed by atoms with E-state index in [4.69, 9.17) is 23.2 Å². The number of aryl methyl sites for hydroxylation is 1. The van der Waals surface area contributed by atoms with E-state index in [1.807, 2.05) is 6.92 Å². The molecule has 7 heteroatoms. The van der Waals surface area contributed by atoms with Gasteiger partial charge in [0.1, 0.15) is 5.69 Å². The minimum Gasteiger partial charge on any atom is -0.478 e. The van der Waals surface area contributed by atoms with Crippen molar-refractivity contribution in [3.05, 3.63) is 68.8 Å². The first-order chi connectivity index (χ1) is 12.3. The van der Waals surface area contributed by atoms with Crippen molar-refractivity contribution in [3.63, 3.8) is 0 Å². The zero-order chi connectivity index (χ0) is 19.0. The molecule has 0 saturated carbocycles. The minimum atomic E-state index is -1.23. The number of nitrogens with one attached hydrogen (secondary N) is 1. The summed E-state index contributed by atoms with van der Waals surface area (Å²) < 4.78 is 0. The zero-order valence-corrected chi connectivity index (χ0v) is 15.0. The first-order valence-electron chi connectivity index (χ1n) is 7.54. The number of carboxylic acid groups (broad SMARTS) is 2. The number of rotatable bonds is 4. The van der Waals surface area contributed by atoms with Gasteiger partial charge >= 0.3 is 11.9 Å². The molecule has 0 saturated heterocycles. The molecule has 3 aromatic rings. The fourth-order valence-corrected chi connectivity index (χ4v) is 3.33. The Balaban J connectivity index is 2.32. The summed E-state index contributed by atoms with van der Waals surface area (Å²) in [6.07, 6.45) is 1.31. The molecule has 0 bridgehead atoms. The van der Waals surface area contributed by atoms with Gasteiger partial charge in [0, 0.05) is 21.5 Å². The van der Waals surface area contributed by atoms with Crippen LogP contribution in [-0.4, -0.2) is 27.1 Å². The molecular weight excluding hydrogens is 377 g/mol. The Morgan fingerprint density at radius 1 is 1.08 bits per heavy atom. The number of carbonyl (C=O) groups is 2. The van der Waals surface area contributed by atoms with Crippen molar-refractivity contribution >= 4 is 57.7 Å². The van der Waals surface area contributed by atoms with Crippen molar-refractivity contribution in [1.29, 1.82) is 0 Å². The maximum atomic E-state index is 11.8. The highest BCUT2D eigenvalue weighted by Crippen LogP contribution is 2.35. The SMILES string of the molecule is Cc1ccc(/C(=C\c2c(C(=O)O)[nH]c3cc(Cl)cc(Cl)c23)C(=O)O)cc1. The number of hydrogen-bond acceptors (Lipinski definition) is 2. The smallest absolute Gasteiger partial charge is 0.352 e. The molecule has 0 aliphatic carbocycles. The topological polar surface area (TPSA) is 90.4 Å². The Morgan fingerprint density at radius 3 is 2.31 bits per heavy atom. The first-order valence-corrected chi connectivity index (χ1v) is 8.29. The van der Waals surface area contributed by atoms with Crippen LogP contribution in [0.3, 0.4) is 0 Å². The predicted octanol–water partition coefficient (Wildman–Crippen LogP) is 5.11. The molecule has 0 aliphatic rings. The van der Waals surface area contributed by atoms with Crippen LogP contribution in [0, 0.1) is 6.92 Å². The highest BCUT2D eigenvalue weighted by atomic mass is 35.5. The van der Waals surface area contributed by atoms with Crippen LogP contribution in [-0.2, 0) is 4.79 Å². The van der Waals surface area contributed by atoms with Gasteiger partial charge in [-0.25, -0.2) is 9.59 Å². The van der Waals surface area contributed by atoms with Gasteiger partial charge in [0.05, 0.1) is 10.6 Å². The number of aromatic amines is 1. The van der Waals surface area contributed by atoms with Crippen LogP contribution in [0.25, 0.3) is 22.6 Å². The van der Waals surface area contributed by atoms with Crippen molar-refractivity contribution in [2.45, 2.75) is 6.92 Å². The standard InChI is InChI=1S/C19H13Cl2NO4/c1-9-2-4-10(5-3-9)12(18(23)24)8-13-16-14(21)6-11(20)7-15(16)22-17(13)19(25)26/h2-8,22H,1H3,(H,23,24)(H,25,26)/b12-8+. The molecule has 3 rings (SSSR count). The Kier molecular flexibility index (Phi) is 4.76. The molecule has 5 nitrogen and oxygen atoms in total. The normalized spacial score (nSPS) is 11.7. The van der Waals surface area contributed by atoms with Crippen LogP contribution in [0.4, 0.5) is 0 Å². The number of hydrogen-bond donors (Lipinski definition) is 3. The molecule has 0 atom stereocenters. The number of carboxylic acids is 2. The molecule has 0 amide bonds. The third kappa shape index (κ3) is 3.31. The summed E-state index contributed by atoms with van der Waals surface area (Å²) in [4.78, 5) is 26.2. The van der Waals surface area contributed by atoms with Crippen molar-refractivity contribution in [1.82, 2.24) is 4.98 Å². The van der Waals surface area contributed by atoms with Crippen LogP contribution < -0.4 is 0 Å². The van der Waals surface area contributed by atoms with Crippen LogP contribution in [0.15, 0.2) is 36.4 Å². The van der Waals surface area contributed by atoms with Gasteiger partial charge in [-0.3, -0.25) is 0 Å². The summed E-state index contributed by atoms with van der Waals surface area (Å²) in [6, 6.07) is 9.93. The molecule has 26 heavy (non-hydrogen) atoms. The maximum Gasteiger partial charge on any atom is 0.352 e. The van der Waals surface area contributed by atoms with Gasteiger partial charge in [0.25, 0.3) is 0 Å². The lowest BCUT2D eigenvalue weighted by Gasteiger charge is -2.05. The molecule has 1 heterocycles. The monoisotopic (exact) mass is 389 g/mol. The second-order valence-electron chi connectivity index (χ2n) is 5.76. The van der Waals surface area contributed by atoms with E-state index in [1.54, 1.807) is 30.3 Å². The summed E-state index contributed by atoms with van der Waals surface area (Å²) in [5, 5.41) is 20.1.